The van der Waals surface area contributed by atoms with Gasteiger partial charge in [0, 0.05) is 5.56 Å². The first-order chi connectivity index (χ1) is 10.7. The average molecular weight is 318 g/mol. The third-order valence-corrected chi connectivity index (χ3v) is 4.14. The van der Waals surface area contributed by atoms with E-state index in [1.807, 2.05) is 6.07 Å². The van der Waals surface area contributed by atoms with Gasteiger partial charge in [-0.3, -0.25) is 9.36 Å². The Kier molecular flexibility index (Phi) is 4.20. The van der Waals surface area contributed by atoms with Crippen LogP contribution in [0.25, 0.3) is 11.0 Å². The van der Waals surface area contributed by atoms with Crippen molar-refractivity contribution in [2.24, 2.45) is 0 Å². The average Bonchev–Trinajstić information content (AvgIpc) is 2.92. The molecule has 0 N–H and O–H groups in total. The van der Waals surface area contributed by atoms with E-state index in [-0.39, 0.29) is 16.7 Å². The number of hydrogen-bond donors (Lipinski definition) is 0. The number of carbonyl (C=O) groups excluding carboxylic acids is 1. The van der Waals surface area contributed by atoms with Gasteiger partial charge in [0.2, 0.25) is 0 Å². The van der Waals surface area contributed by atoms with Gasteiger partial charge in [0.1, 0.15) is 0 Å². The Bertz CT molecular complexity index is 802. The van der Waals surface area contributed by atoms with Gasteiger partial charge in [-0.2, -0.15) is 8.78 Å². The molecular weight excluding hydrogens is 306 g/mol. The second-order valence-corrected chi connectivity index (χ2v) is 5.55. The van der Waals surface area contributed by atoms with Crippen molar-refractivity contribution in [1.82, 2.24) is 9.55 Å². The minimum Gasteiger partial charge on any atom is -0.293 e. The number of fused-ring (bicyclic) bond motifs is 1. The summed E-state index contributed by atoms with van der Waals surface area (Å²) in [6, 6.07) is 15.5. The fourth-order valence-corrected chi connectivity index (χ4v) is 3.06. The Morgan fingerprint density at radius 2 is 1.77 bits per heavy atom. The van der Waals surface area contributed by atoms with Gasteiger partial charge in [0.05, 0.1) is 16.8 Å². The molecule has 0 unspecified atom stereocenters. The van der Waals surface area contributed by atoms with Crippen molar-refractivity contribution in [3.63, 3.8) is 0 Å². The number of halogens is 2. The zero-order chi connectivity index (χ0) is 15.5. The van der Waals surface area contributed by atoms with Crippen LogP contribution in [-0.4, -0.2) is 21.1 Å². The Labute approximate surface area is 130 Å². The number of rotatable bonds is 5. The molecule has 0 bridgehead atoms. The Morgan fingerprint density at radius 3 is 2.50 bits per heavy atom. The quantitative estimate of drug-likeness (QED) is 0.516. The standard InChI is InChI=1S/C16H12F2N2OS/c17-15(18)20-13-9-5-4-8-12(13)19-16(20)22-10-14(21)11-6-2-1-3-7-11/h1-9,15H,10H2. The minimum atomic E-state index is -2.69. The molecule has 1 heterocycles. The molecule has 0 aliphatic heterocycles. The van der Waals surface area contributed by atoms with E-state index in [4.69, 9.17) is 0 Å². The van der Waals surface area contributed by atoms with E-state index in [1.165, 1.54) is 0 Å². The molecule has 3 rings (SSSR count). The van der Waals surface area contributed by atoms with Crippen molar-refractivity contribution in [1.29, 1.82) is 0 Å². The van der Waals surface area contributed by atoms with Gasteiger partial charge < -0.3 is 0 Å². The largest absolute Gasteiger partial charge is 0.321 e. The number of thioether (sulfide) groups is 1. The van der Waals surface area contributed by atoms with E-state index < -0.39 is 6.55 Å². The van der Waals surface area contributed by atoms with Crippen LogP contribution in [0.3, 0.4) is 0 Å². The summed E-state index contributed by atoms with van der Waals surface area (Å²) in [5.41, 5.74) is 1.43. The summed E-state index contributed by atoms with van der Waals surface area (Å²) in [6.07, 6.45) is 0. The predicted octanol–water partition coefficient (Wildman–Crippen LogP) is 4.41. The number of alkyl halides is 2. The van der Waals surface area contributed by atoms with Crippen LogP contribution >= 0.6 is 11.8 Å². The summed E-state index contributed by atoms with van der Waals surface area (Å²) in [5.74, 6) is -0.0430. The van der Waals surface area contributed by atoms with Gasteiger partial charge in [0.25, 0.3) is 0 Å². The Hall–Kier alpha value is -2.21. The van der Waals surface area contributed by atoms with E-state index in [2.05, 4.69) is 4.98 Å². The highest BCUT2D eigenvalue weighted by molar-refractivity contribution is 7.99. The summed E-state index contributed by atoms with van der Waals surface area (Å²) >= 11 is 1.03. The normalized spacial score (nSPS) is 11.2. The van der Waals surface area contributed by atoms with Crippen LogP contribution < -0.4 is 0 Å². The number of carbonyl (C=O) groups is 1. The molecule has 2 aromatic carbocycles. The number of Topliss-reactive ketones (excluding diaryl/α,β-unsaturated/α-hetero) is 1. The number of ketones is 1. The predicted molar refractivity (Wildman–Crippen MR) is 82.5 cm³/mol. The molecule has 1 aromatic heterocycles. The molecule has 0 atom stereocenters. The number of para-hydroxylation sites is 2. The molecule has 0 aliphatic carbocycles. The van der Waals surface area contributed by atoms with Crippen LogP contribution in [0.15, 0.2) is 59.8 Å². The zero-order valence-corrected chi connectivity index (χ0v) is 12.3. The fourth-order valence-electron chi connectivity index (χ4n) is 2.15. The minimum absolute atomic E-state index is 0.0695. The lowest BCUT2D eigenvalue weighted by molar-refractivity contribution is 0.0656. The maximum atomic E-state index is 13.3. The van der Waals surface area contributed by atoms with Crippen LogP contribution in [-0.2, 0) is 0 Å². The monoisotopic (exact) mass is 318 g/mol. The maximum absolute atomic E-state index is 13.3. The first kappa shape index (κ1) is 14.7. The molecule has 112 valence electrons. The molecule has 22 heavy (non-hydrogen) atoms. The van der Waals surface area contributed by atoms with Crippen LogP contribution in [0, 0.1) is 0 Å². The molecule has 0 saturated heterocycles. The van der Waals surface area contributed by atoms with Gasteiger partial charge >= 0.3 is 6.55 Å². The molecule has 0 amide bonds. The number of imidazole rings is 1. The van der Waals surface area contributed by atoms with Crippen molar-refractivity contribution in [3.05, 3.63) is 60.2 Å². The summed E-state index contributed by atoms with van der Waals surface area (Å²) in [7, 11) is 0. The molecule has 0 spiro atoms. The fraction of sp³-hybridized carbons (Fsp3) is 0.125. The molecule has 0 aliphatic rings. The highest BCUT2D eigenvalue weighted by Crippen LogP contribution is 2.29. The topological polar surface area (TPSA) is 34.9 Å². The molecule has 0 fully saturated rings. The number of benzene rings is 2. The Morgan fingerprint density at radius 1 is 1.09 bits per heavy atom. The van der Waals surface area contributed by atoms with Crippen LogP contribution in [0.2, 0.25) is 0 Å². The van der Waals surface area contributed by atoms with Crippen molar-refractivity contribution in [2.75, 3.05) is 5.75 Å². The van der Waals surface area contributed by atoms with Crippen molar-refractivity contribution in [2.45, 2.75) is 11.7 Å². The molecular formula is C16H12F2N2OS. The highest BCUT2D eigenvalue weighted by atomic mass is 32.2. The molecule has 0 radical (unpaired) electrons. The third kappa shape index (κ3) is 2.87. The van der Waals surface area contributed by atoms with Gasteiger partial charge in [-0.15, -0.1) is 0 Å². The summed E-state index contributed by atoms with van der Waals surface area (Å²) in [4.78, 5) is 16.3. The first-order valence-electron chi connectivity index (χ1n) is 6.63. The summed E-state index contributed by atoms with van der Waals surface area (Å²) in [6.45, 7) is -2.69. The first-order valence-corrected chi connectivity index (χ1v) is 7.61. The molecule has 3 nitrogen and oxygen atoms in total. The lowest BCUT2D eigenvalue weighted by Crippen LogP contribution is -2.05. The van der Waals surface area contributed by atoms with Crippen LogP contribution in [0.4, 0.5) is 8.78 Å². The summed E-state index contributed by atoms with van der Waals surface area (Å²) in [5, 5.41) is 0.153. The van der Waals surface area contributed by atoms with E-state index in [0.717, 1.165) is 16.3 Å². The van der Waals surface area contributed by atoms with Gasteiger partial charge in [-0.1, -0.05) is 54.2 Å². The van der Waals surface area contributed by atoms with Gasteiger partial charge in [-0.05, 0) is 12.1 Å². The second-order valence-electron chi connectivity index (χ2n) is 4.61. The summed E-state index contributed by atoms with van der Waals surface area (Å²) < 4.78 is 27.4. The number of nitrogens with zero attached hydrogens (tertiary/aromatic N) is 2. The van der Waals surface area contributed by atoms with Crippen molar-refractivity contribution >= 4 is 28.6 Å². The molecule has 3 aromatic rings. The van der Waals surface area contributed by atoms with Crippen LogP contribution in [0.5, 0.6) is 0 Å². The molecule has 6 heteroatoms. The lowest BCUT2D eigenvalue weighted by Gasteiger charge is -2.06. The Balaban J connectivity index is 1.85. The van der Waals surface area contributed by atoms with E-state index in [1.54, 1.807) is 48.5 Å². The van der Waals surface area contributed by atoms with Crippen molar-refractivity contribution < 1.29 is 13.6 Å². The van der Waals surface area contributed by atoms with Crippen molar-refractivity contribution in [3.8, 4) is 0 Å². The lowest BCUT2D eigenvalue weighted by atomic mass is 10.2. The highest BCUT2D eigenvalue weighted by Gasteiger charge is 2.18. The second kappa shape index (κ2) is 6.27. The van der Waals surface area contributed by atoms with Gasteiger partial charge in [0.15, 0.2) is 10.9 Å². The number of aromatic nitrogens is 2. The third-order valence-electron chi connectivity index (χ3n) is 3.19. The van der Waals surface area contributed by atoms with Crippen LogP contribution in [0.1, 0.15) is 16.9 Å². The number of hydrogen-bond acceptors (Lipinski definition) is 3. The maximum Gasteiger partial charge on any atom is 0.321 e. The zero-order valence-electron chi connectivity index (χ0n) is 11.4. The van der Waals surface area contributed by atoms with E-state index in [0.29, 0.717) is 16.6 Å². The van der Waals surface area contributed by atoms with Gasteiger partial charge in [-0.25, -0.2) is 4.98 Å². The van der Waals surface area contributed by atoms with E-state index >= 15 is 0 Å². The van der Waals surface area contributed by atoms with E-state index in [9.17, 15) is 13.6 Å². The SMILES string of the molecule is O=C(CSc1nc2ccccc2n1C(F)F)c1ccccc1. The molecule has 0 saturated carbocycles. The smallest absolute Gasteiger partial charge is 0.293 e.